The summed E-state index contributed by atoms with van der Waals surface area (Å²) in [6.45, 7) is 5.50. The highest BCUT2D eigenvalue weighted by atomic mass is 19.1. The minimum atomic E-state index is -0.326. The number of benzene rings is 2. The van der Waals surface area contributed by atoms with Gasteiger partial charge in [0.2, 0.25) is 0 Å². The Morgan fingerprint density at radius 2 is 1.90 bits per heavy atom. The molecule has 0 amide bonds. The fraction of sp³-hybridized carbons (Fsp3) is 0.222. The van der Waals surface area contributed by atoms with E-state index in [9.17, 15) is 4.39 Å². The van der Waals surface area contributed by atoms with E-state index in [2.05, 4.69) is 36.7 Å². The van der Waals surface area contributed by atoms with Crippen molar-refractivity contribution in [3.63, 3.8) is 0 Å². The van der Waals surface area contributed by atoms with Crippen molar-refractivity contribution in [2.24, 2.45) is 0 Å². The number of ether oxygens (including phenoxy) is 1. The third-order valence-electron chi connectivity index (χ3n) is 3.74. The molecule has 21 heavy (non-hydrogen) atoms. The van der Waals surface area contributed by atoms with Crippen molar-refractivity contribution in [3.8, 4) is 5.75 Å². The van der Waals surface area contributed by atoms with Crippen LogP contribution in [-0.4, -0.2) is 4.57 Å². The van der Waals surface area contributed by atoms with E-state index in [1.54, 1.807) is 18.2 Å². The quantitative estimate of drug-likeness (QED) is 0.677. The fourth-order valence-electron chi connectivity index (χ4n) is 2.70. The first-order chi connectivity index (χ1) is 10.2. The lowest BCUT2D eigenvalue weighted by Crippen LogP contribution is -1.97. The maximum Gasteiger partial charge on any atom is 0.165 e. The molecular formula is C18H18FNO. The molecule has 1 aromatic heterocycles. The van der Waals surface area contributed by atoms with Crippen LogP contribution in [0.4, 0.5) is 4.39 Å². The van der Waals surface area contributed by atoms with Gasteiger partial charge in [-0.1, -0.05) is 30.3 Å². The number of aromatic nitrogens is 1. The molecule has 3 aromatic rings. The lowest BCUT2D eigenvalue weighted by Gasteiger charge is -2.06. The van der Waals surface area contributed by atoms with Gasteiger partial charge in [0.1, 0.15) is 6.61 Å². The molecule has 3 rings (SSSR count). The van der Waals surface area contributed by atoms with Gasteiger partial charge in [-0.15, -0.1) is 0 Å². The normalized spacial score (nSPS) is 11.0. The molecule has 0 aliphatic carbocycles. The van der Waals surface area contributed by atoms with Gasteiger partial charge in [-0.05, 0) is 31.5 Å². The summed E-state index contributed by atoms with van der Waals surface area (Å²) in [5.74, 6) is -0.0320. The zero-order valence-corrected chi connectivity index (χ0v) is 12.3. The standard InChI is InChI=1S/C18H18FNO/c1-3-20-11-14(15-8-6-7-13(2)18(15)20)12-21-17-10-5-4-9-16(17)19/h4-11H,3,12H2,1-2H3. The summed E-state index contributed by atoms with van der Waals surface area (Å²) in [6.07, 6.45) is 2.10. The van der Waals surface area contributed by atoms with Crippen molar-refractivity contribution in [2.45, 2.75) is 27.0 Å². The predicted octanol–water partition coefficient (Wildman–Crippen LogP) is 4.69. The van der Waals surface area contributed by atoms with Crippen LogP contribution in [0, 0.1) is 12.7 Å². The summed E-state index contributed by atoms with van der Waals surface area (Å²) >= 11 is 0. The van der Waals surface area contributed by atoms with Crippen molar-refractivity contribution >= 4 is 10.9 Å². The molecule has 0 atom stereocenters. The van der Waals surface area contributed by atoms with Gasteiger partial charge in [0.05, 0.1) is 5.52 Å². The molecule has 0 bridgehead atoms. The number of aryl methyl sites for hydroxylation is 2. The van der Waals surface area contributed by atoms with E-state index in [0.29, 0.717) is 12.4 Å². The minimum absolute atomic E-state index is 0.294. The largest absolute Gasteiger partial charge is 0.486 e. The molecule has 2 aromatic carbocycles. The van der Waals surface area contributed by atoms with Crippen molar-refractivity contribution in [1.82, 2.24) is 4.57 Å². The number of hydrogen-bond acceptors (Lipinski definition) is 1. The second kappa shape index (κ2) is 5.60. The molecule has 3 heteroatoms. The number of fused-ring (bicyclic) bond motifs is 1. The zero-order valence-electron chi connectivity index (χ0n) is 12.3. The van der Waals surface area contributed by atoms with E-state index in [-0.39, 0.29) is 5.82 Å². The van der Waals surface area contributed by atoms with Crippen molar-refractivity contribution in [3.05, 3.63) is 65.6 Å². The Bertz CT molecular complexity index is 776. The summed E-state index contributed by atoms with van der Waals surface area (Å²) in [4.78, 5) is 0. The second-order valence-electron chi connectivity index (χ2n) is 5.13. The first kappa shape index (κ1) is 13.7. The van der Waals surface area contributed by atoms with E-state index < -0.39 is 0 Å². The lowest BCUT2D eigenvalue weighted by atomic mass is 10.1. The third kappa shape index (κ3) is 2.51. The predicted molar refractivity (Wildman–Crippen MR) is 83.1 cm³/mol. The Labute approximate surface area is 123 Å². The van der Waals surface area contributed by atoms with Gasteiger partial charge < -0.3 is 9.30 Å². The summed E-state index contributed by atoms with van der Waals surface area (Å²) < 4.78 is 21.5. The molecule has 0 N–H and O–H groups in total. The summed E-state index contributed by atoms with van der Waals surface area (Å²) in [5.41, 5.74) is 3.55. The van der Waals surface area contributed by atoms with Gasteiger partial charge >= 0.3 is 0 Å². The van der Waals surface area contributed by atoms with E-state index in [0.717, 1.165) is 12.1 Å². The van der Waals surface area contributed by atoms with Crippen LogP contribution in [-0.2, 0) is 13.2 Å². The van der Waals surface area contributed by atoms with Crippen molar-refractivity contribution < 1.29 is 9.13 Å². The Balaban J connectivity index is 1.95. The minimum Gasteiger partial charge on any atom is -0.486 e. The smallest absolute Gasteiger partial charge is 0.165 e. The molecule has 0 aliphatic rings. The highest BCUT2D eigenvalue weighted by Crippen LogP contribution is 2.26. The Morgan fingerprint density at radius 1 is 1.10 bits per heavy atom. The van der Waals surface area contributed by atoms with Crippen LogP contribution in [0.15, 0.2) is 48.7 Å². The number of rotatable bonds is 4. The molecular weight excluding hydrogens is 265 g/mol. The maximum absolute atomic E-state index is 13.6. The molecule has 0 radical (unpaired) electrons. The van der Waals surface area contributed by atoms with Crippen LogP contribution in [0.5, 0.6) is 5.75 Å². The van der Waals surface area contributed by atoms with Crippen LogP contribution >= 0.6 is 0 Å². The molecule has 2 nitrogen and oxygen atoms in total. The molecule has 0 unspecified atom stereocenters. The third-order valence-corrected chi connectivity index (χ3v) is 3.74. The molecule has 0 saturated heterocycles. The topological polar surface area (TPSA) is 14.2 Å². The van der Waals surface area contributed by atoms with Crippen LogP contribution in [0.2, 0.25) is 0 Å². The molecule has 0 aliphatic heterocycles. The van der Waals surface area contributed by atoms with Gasteiger partial charge in [0, 0.05) is 23.7 Å². The Kier molecular flexibility index (Phi) is 3.65. The first-order valence-electron chi connectivity index (χ1n) is 7.15. The maximum atomic E-state index is 13.6. The summed E-state index contributed by atoms with van der Waals surface area (Å²) in [7, 11) is 0. The second-order valence-corrected chi connectivity index (χ2v) is 5.13. The number of halogens is 1. The van der Waals surface area contributed by atoms with Gasteiger partial charge in [-0.2, -0.15) is 0 Å². The highest BCUT2D eigenvalue weighted by Gasteiger charge is 2.11. The van der Waals surface area contributed by atoms with E-state index in [1.807, 2.05) is 6.07 Å². The fourth-order valence-corrected chi connectivity index (χ4v) is 2.70. The monoisotopic (exact) mass is 283 g/mol. The van der Waals surface area contributed by atoms with E-state index >= 15 is 0 Å². The molecule has 1 heterocycles. The Morgan fingerprint density at radius 3 is 2.67 bits per heavy atom. The number of hydrogen-bond donors (Lipinski definition) is 0. The van der Waals surface area contributed by atoms with Crippen molar-refractivity contribution in [1.29, 1.82) is 0 Å². The zero-order chi connectivity index (χ0) is 14.8. The van der Waals surface area contributed by atoms with Gasteiger partial charge in [-0.25, -0.2) is 4.39 Å². The summed E-state index contributed by atoms with van der Waals surface area (Å²) in [6, 6.07) is 12.7. The Hall–Kier alpha value is -2.29. The van der Waals surface area contributed by atoms with Gasteiger partial charge in [0.25, 0.3) is 0 Å². The van der Waals surface area contributed by atoms with Crippen LogP contribution in [0.25, 0.3) is 10.9 Å². The van der Waals surface area contributed by atoms with E-state index in [1.165, 1.54) is 22.5 Å². The van der Waals surface area contributed by atoms with Crippen LogP contribution in [0.3, 0.4) is 0 Å². The lowest BCUT2D eigenvalue weighted by molar-refractivity contribution is 0.291. The van der Waals surface area contributed by atoms with Crippen molar-refractivity contribution in [2.75, 3.05) is 0 Å². The molecule has 0 saturated carbocycles. The molecule has 0 spiro atoms. The summed E-state index contributed by atoms with van der Waals surface area (Å²) in [5, 5.41) is 1.17. The SMILES string of the molecule is CCn1cc(COc2ccccc2F)c2cccc(C)c21. The van der Waals surface area contributed by atoms with E-state index in [4.69, 9.17) is 4.74 Å². The average molecular weight is 283 g/mol. The van der Waals surface area contributed by atoms with Crippen LogP contribution < -0.4 is 4.74 Å². The van der Waals surface area contributed by atoms with Gasteiger partial charge in [0.15, 0.2) is 11.6 Å². The first-order valence-corrected chi connectivity index (χ1v) is 7.15. The van der Waals surface area contributed by atoms with Gasteiger partial charge in [-0.3, -0.25) is 0 Å². The molecule has 108 valence electrons. The number of para-hydroxylation sites is 2. The molecule has 0 fully saturated rings. The number of nitrogens with zero attached hydrogens (tertiary/aromatic N) is 1. The highest BCUT2D eigenvalue weighted by molar-refractivity contribution is 5.86. The van der Waals surface area contributed by atoms with Crippen LogP contribution in [0.1, 0.15) is 18.1 Å². The average Bonchev–Trinajstić information content (AvgIpc) is 2.86.